The minimum Gasteiger partial charge on any atom is 1.00 e. The van der Waals surface area contributed by atoms with Crippen molar-refractivity contribution >= 4 is 0 Å². The van der Waals surface area contributed by atoms with Crippen molar-refractivity contribution in [1.82, 2.24) is 0 Å². The summed E-state index contributed by atoms with van der Waals surface area (Å²) in [6.45, 7) is 0. The van der Waals surface area contributed by atoms with Gasteiger partial charge in [-0.1, -0.05) is 0 Å². The molecule has 0 spiro atoms. The van der Waals surface area contributed by atoms with E-state index in [4.69, 9.17) is 0 Å². The van der Waals surface area contributed by atoms with Gasteiger partial charge in [0.15, 0.2) is 0 Å². The molecule has 0 fully saturated rings. The average Bonchev–Trinajstić information content (AvgIpc) is 0. The molecule has 13 heteroatoms. The summed E-state index contributed by atoms with van der Waals surface area (Å²) in [5.74, 6) is 0. The van der Waals surface area contributed by atoms with Crippen LogP contribution >= 0.6 is 0 Å². The van der Waals surface area contributed by atoms with E-state index in [1.54, 1.807) is 0 Å². The maximum Gasteiger partial charge on any atom is 4.00 e. The molecule has 0 heterocycles. The van der Waals surface area contributed by atoms with E-state index in [0.717, 1.165) is 0 Å². The number of hydrogen-bond donors (Lipinski definition) is 0. The van der Waals surface area contributed by atoms with Crippen molar-refractivity contribution in [2.45, 2.75) is 0 Å². The first-order valence-electron chi connectivity index (χ1n) is 0. The van der Waals surface area contributed by atoms with E-state index in [1.807, 2.05) is 0 Å². The Balaban J connectivity index is 0. The van der Waals surface area contributed by atoms with E-state index >= 15 is 0 Å². The molecule has 0 nitrogen and oxygen atoms in total. The molecule has 13 heavy (non-hydrogen) atoms. The van der Waals surface area contributed by atoms with Crippen LogP contribution in [0.25, 0.3) is 0 Å². The van der Waals surface area contributed by atoms with Gasteiger partial charge in [-0.25, -0.2) is 0 Å². The average molecular weight is 1580 g/mol. The topological polar surface area (TPSA) is 0 Å². The number of rotatable bonds is 0. The van der Waals surface area contributed by atoms with Crippen LogP contribution in [-0.2, 0) is 91.1 Å². The van der Waals surface area contributed by atoms with Crippen molar-refractivity contribution < 1.29 is 449 Å². The first-order chi connectivity index (χ1) is 0. The summed E-state index contributed by atoms with van der Waals surface area (Å²) >= 11 is 0. The Morgan fingerprint density at radius 3 is 1.00 bits per heavy atom. The van der Waals surface area contributed by atoms with Crippen LogP contribution in [0.5, 0.6) is 0 Å². The standard InChI is InChI=1S/Cr.Dy.Er.Eu.Hf.Ho.Li.Lu.Nd.Rb.Sm.Ti.Zr/q4*+3;+4;+3;+1;2*+3;+1;+3;2*+4. The predicted molar refractivity (Wildman–Crippen MR) is 0 cm³/mol. The van der Waals surface area contributed by atoms with Gasteiger partial charge in [0.2, 0.25) is 0 Å². The zero-order chi connectivity index (χ0) is 0. The zero-order valence-corrected chi connectivity index (χ0v) is 35.9. The molecule has 0 aliphatic carbocycles. The van der Waals surface area contributed by atoms with Crippen LogP contribution in [0, 0.1) is 281 Å². The third kappa shape index (κ3) is 75.4. The van der Waals surface area contributed by atoms with Crippen molar-refractivity contribution in [3.63, 3.8) is 0 Å². The first-order valence-corrected chi connectivity index (χ1v) is 0. The van der Waals surface area contributed by atoms with E-state index < -0.39 is 0 Å². The molecule has 0 bridgehead atoms. The molecule has 0 aromatic rings. The molecule has 0 N–H and O–H groups in total. The Morgan fingerprint density at radius 1 is 1.00 bits per heavy atom. The molecule has 5 radical (unpaired) electrons. The quantitative estimate of drug-likeness (QED) is 0.213. The molecule has 0 saturated heterocycles. The summed E-state index contributed by atoms with van der Waals surface area (Å²) in [6.07, 6.45) is 0. The Morgan fingerprint density at radius 2 is 1.00 bits per heavy atom. The second-order valence-electron chi connectivity index (χ2n) is 0. The van der Waals surface area contributed by atoms with Crippen molar-refractivity contribution in [3.05, 3.63) is 0 Å². The Labute approximate surface area is 431 Å². The van der Waals surface area contributed by atoms with Crippen LogP contribution in [0.15, 0.2) is 0 Å². The second-order valence-corrected chi connectivity index (χ2v) is 0. The van der Waals surface area contributed by atoms with Gasteiger partial charge in [0.05, 0.1) is 0 Å². The summed E-state index contributed by atoms with van der Waals surface area (Å²) in [7, 11) is 0. The maximum absolute atomic E-state index is 0. The largest absolute Gasteiger partial charge is 4.00 e. The molecule has 0 aromatic heterocycles. The second kappa shape index (κ2) is 81.6. The summed E-state index contributed by atoms with van der Waals surface area (Å²) < 4.78 is 0. The smallest absolute Gasteiger partial charge is 1.00 e. The normalized spacial score (nSPS) is 0. The van der Waals surface area contributed by atoms with Gasteiger partial charge in [-0.3, -0.25) is 0 Å². The van der Waals surface area contributed by atoms with E-state index in [-0.39, 0.29) is 449 Å². The van der Waals surface area contributed by atoms with Gasteiger partial charge in [-0.05, 0) is 0 Å². The fraction of sp³-hybridized carbons (Fsp3) is 0. The Bertz CT molecular complexity index is 48.1. The maximum atomic E-state index is 0. The third-order valence-electron chi connectivity index (χ3n) is 0. The molecular formula is CrDyErEuHfHoLiLuNdRbSmTiZr+38. The summed E-state index contributed by atoms with van der Waals surface area (Å²) in [6, 6.07) is 0. The predicted octanol–water partition coefficient (Wildman–Crippen LogP) is -6.00. The van der Waals surface area contributed by atoms with Crippen molar-refractivity contribution in [3.8, 4) is 0 Å². The van der Waals surface area contributed by atoms with Crippen LogP contribution < -0.4 is 77.0 Å². The van der Waals surface area contributed by atoms with Crippen molar-refractivity contribution in [1.29, 1.82) is 0 Å². The van der Waals surface area contributed by atoms with Crippen LogP contribution in [0.1, 0.15) is 0 Å². The van der Waals surface area contributed by atoms with Crippen LogP contribution in [0.3, 0.4) is 0 Å². The van der Waals surface area contributed by atoms with E-state index in [0.29, 0.717) is 0 Å². The molecule has 0 saturated carbocycles. The van der Waals surface area contributed by atoms with Crippen LogP contribution in [-0.4, -0.2) is 0 Å². The van der Waals surface area contributed by atoms with Crippen molar-refractivity contribution in [2.75, 3.05) is 0 Å². The first kappa shape index (κ1) is 91.4. The van der Waals surface area contributed by atoms with Gasteiger partial charge in [-0.15, -0.1) is 0 Å². The molecule has 0 aliphatic rings. The van der Waals surface area contributed by atoms with Gasteiger partial charge in [0, 0.05) is 0 Å². The Hall–Kier alpha value is 14.7. The molecule has 0 aliphatic heterocycles. The third-order valence-corrected chi connectivity index (χ3v) is 0. The molecule has 0 atom stereocenters. The zero-order valence-electron chi connectivity index (χ0n) is 6.36. The molecule has 0 unspecified atom stereocenters. The van der Waals surface area contributed by atoms with E-state index in [2.05, 4.69) is 0 Å². The molecular weight excluding hydrogens is 1580 g/mol. The minimum absolute atomic E-state index is 0. The monoisotopic (exact) mass is 1580 g/mol. The van der Waals surface area contributed by atoms with Crippen LogP contribution in [0.4, 0.5) is 0 Å². The number of hydrogen-bond acceptors (Lipinski definition) is 0. The fourth-order valence-electron chi connectivity index (χ4n) is 0. The fourth-order valence-corrected chi connectivity index (χ4v) is 0. The molecule has 0 aromatic carbocycles. The molecule has 0 amide bonds. The van der Waals surface area contributed by atoms with Gasteiger partial charge >= 0.3 is 449 Å². The SMILES string of the molecule is [Cr+3].[Dy+3].[Er+3].[Eu+3].[Hf+4].[Ho+3].[Li+].[Lu+3].[Nd+3].[Rb+].[Sm+3].[Ti+4].[Zr+4]. The summed E-state index contributed by atoms with van der Waals surface area (Å²) in [5.41, 5.74) is 0. The summed E-state index contributed by atoms with van der Waals surface area (Å²) in [5, 5.41) is 0. The van der Waals surface area contributed by atoms with Gasteiger partial charge in [0.1, 0.15) is 0 Å². The Kier molecular flexibility index (Phi) is 574. The van der Waals surface area contributed by atoms with Gasteiger partial charge in [-0.2, -0.15) is 0 Å². The molecule has 0 rings (SSSR count). The summed E-state index contributed by atoms with van der Waals surface area (Å²) in [4.78, 5) is 0. The van der Waals surface area contributed by atoms with E-state index in [1.165, 1.54) is 0 Å². The molecule has 47 valence electrons. The van der Waals surface area contributed by atoms with Gasteiger partial charge in [0.25, 0.3) is 0 Å². The minimum atomic E-state index is 0. The van der Waals surface area contributed by atoms with E-state index in [9.17, 15) is 0 Å². The van der Waals surface area contributed by atoms with Gasteiger partial charge < -0.3 is 0 Å². The van der Waals surface area contributed by atoms with Crippen LogP contribution in [0.2, 0.25) is 0 Å². The van der Waals surface area contributed by atoms with Crippen molar-refractivity contribution in [2.24, 2.45) is 0 Å².